The smallest absolute Gasteiger partial charge is 0.119 e. The molecular weight excluding hydrogens is 484 g/mol. The number of fused-ring (bicyclic) bond motifs is 1. The topological polar surface area (TPSA) is 9.23 Å². The van der Waals surface area contributed by atoms with E-state index in [-0.39, 0.29) is 0 Å². The average molecular weight is 537 g/mol. The van der Waals surface area contributed by atoms with E-state index in [0.29, 0.717) is 0 Å². The van der Waals surface area contributed by atoms with Crippen LogP contribution in [0.2, 0.25) is 0 Å². The Bertz CT molecular complexity index is 1190. The Kier molecular flexibility index (Phi) is 13.0. The lowest BCUT2D eigenvalue weighted by Gasteiger charge is -2.29. The second-order valence-corrected chi connectivity index (χ2v) is 12.1. The first-order chi connectivity index (χ1) is 19.7. The molecule has 1 heteroatoms. The molecule has 1 aliphatic rings. The summed E-state index contributed by atoms with van der Waals surface area (Å²) in [5.41, 5.74) is 3.67. The highest BCUT2D eigenvalue weighted by Crippen LogP contribution is 2.37. The lowest BCUT2D eigenvalue weighted by Crippen LogP contribution is -2.13. The summed E-state index contributed by atoms with van der Waals surface area (Å²) in [6, 6.07) is 22.0. The molecule has 0 bridgehead atoms. The van der Waals surface area contributed by atoms with Gasteiger partial charge in [-0.1, -0.05) is 121 Å². The predicted molar refractivity (Wildman–Crippen MR) is 173 cm³/mol. The molecule has 1 nitrogen and oxygen atoms in total. The minimum absolute atomic E-state index is 0.734. The van der Waals surface area contributed by atoms with E-state index in [9.17, 15) is 0 Å². The zero-order valence-corrected chi connectivity index (χ0v) is 25.4. The Morgan fingerprint density at radius 2 is 1.20 bits per heavy atom. The number of hydrogen-bond donors (Lipinski definition) is 0. The fourth-order valence-corrected chi connectivity index (χ4v) is 6.27. The maximum Gasteiger partial charge on any atom is 0.119 e. The molecular formula is C39H52O. The van der Waals surface area contributed by atoms with Crippen LogP contribution in [-0.2, 0) is 0 Å². The van der Waals surface area contributed by atoms with Crippen LogP contribution in [0.3, 0.4) is 0 Å². The summed E-state index contributed by atoms with van der Waals surface area (Å²) in [5.74, 6) is 9.44. The van der Waals surface area contributed by atoms with Gasteiger partial charge in [0, 0.05) is 11.1 Å². The maximum atomic E-state index is 5.96. The van der Waals surface area contributed by atoms with Gasteiger partial charge in [0.25, 0.3) is 0 Å². The van der Waals surface area contributed by atoms with Crippen LogP contribution in [0.5, 0.6) is 5.75 Å². The molecule has 1 fully saturated rings. The van der Waals surface area contributed by atoms with Crippen molar-refractivity contribution in [3.05, 3.63) is 77.4 Å². The molecule has 0 aromatic heterocycles. The van der Waals surface area contributed by atoms with Gasteiger partial charge in [0.2, 0.25) is 0 Å². The third-order valence-corrected chi connectivity index (χ3v) is 8.87. The van der Waals surface area contributed by atoms with Gasteiger partial charge in [-0.05, 0) is 96.7 Å². The summed E-state index contributed by atoms with van der Waals surface area (Å²) in [6.45, 7) is 5.34. The summed E-state index contributed by atoms with van der Waals surface area (Å²) in [4.78, 5) is 0. The van der Waals surface area contributed by atoms with Crippen LogP contribution < -0.4 is 4.74 Å². The summed E-state index contributed by atoms with van der Waals surface area (Å²) in [6.07, 6.45) is 21.9. The molecule has 3 aromatic carbocycles. The van der Waals surface area contributed by atoms with E-state index < -0.39 is 0 Å². The molecule has 1 aliphatic carbocycles. The van der Waals surface area contributed by atoms with Crippen molar-refractivity contribution in [3.63, 3.8) is 0 Å². The van der Waals surface area contributed by atoms with Crippen molar-refractivity contribution >= 4 is 10.8 Å². The minimum Gasteiger partial charge on any atom is -0.494 e. The highest BCUT2D eigenvalue weighted by Gasteiger charge is 2.22. The molecule has 0 saturated heterocycles. The number of ether oxygens (including phenoxy) is 1. The Hall–Kier alpha value is -2.72. The van der Waals surface area contributed by atoms with Crippen LogP contribution in [-0.4, -0.2) is 6.61 Å². The lowest BCUT2D eigenvalue weighted by molar-refractivity contribution is 0.302. The van der Waals surface area contributed by atoms with Crippen molar-refractivity contribution in [3.8, 4) is 17.6 Å². The molecule has 0 N–H and O–H groups in total. The van der Waals surface area contributed by atoms with Crippen LogP contribution in [0.1, 0.15) is 139 Å². The molecule has 3 aromatic rings. The van der Waals surface area contributed by atoms with Gasteiger partial charge in [-0.2, -0.15) is 0 Å². The monoisotopic (exact) mass is 536 g/mol. The van der Waals surface area contributed by atoms with Crippen LogP contribution in [0.15, 0.2) is 60.7 Å². The van der Waals surface area contributed by atoms with E-state index in [4.69, 9.17) is 4.74 Å². The SMILES string of the molecule is CCCCCCCCCC1CCC(c2ccc(C#Cc3ccc4cc(OCCCCCC)ccc4c3)cc2)CC1. The first-order valence-corrected chi connectivity index (χ1v) is 16.5. The number of benzene rings is 3. The molecule has 214 valence electrons. The van der Waals surface area contributed by atoms with Crippen molar-refractivity contribution in [2.24, 2.45) is 5.92 Å². The van der Waals surface area contributed by atoms with Gasteiger partial charge in [-0.15, -0.1) is 0 Å². The van der Waals surface area contributed by atoms with Crippen LogP contribution in [0, 0.1) is 17.8 Å². The fraction of sp³-hybridized carbons (Fsp3) is 0.538. The van der Waals surface area contributed by atoms with Crippen molar-refractivity contribution in [1.82, 2.24) is 0 Å². The van der Waals surface area contributed by atoms with E-state index in [1.165, 1.54) is 113 Å². The summed E-state index contributed by atoms with van der Waals surface area (Å²) in [7, 11) is 0. The second kappa shape index (κ2) is 17.2. The third kappa shape index (κ3) is 10.0. The maximum absolute atomic E-state index is 5.96. The molecule has 1 saturated carbocycles. The Labute approximate surface area is 245 Å². The average Bonchev–Trinajstić information content (AvgIpc) is 3.00. The van der Waals surface area contributed by atoms with Gasteiger partial charge in [0.15, 0.2) is 0 Å². The van der Waals surface area contributed by atoms with Crippen LogP contribution in [0.4, 0.5) is 0 Å². The zero-order chi connectivity index (χ0) is 27.8. The Morgan fingerprint density at radius 3 is 1.95 bits per heavy atom. The highest BCUT2D eigenvalue weighted by molar-refractivity contribution is 5.85. The van der Waals surface area contributed by atoms with Gasteiger partial charge in [-0.3, -0.25) is 0 Å². The van der Waals surface area contributed by atoms with Gasteiger partial charge in [0.05, 0.1) is 6.61 Å². The molecule has 0 spiro atoms. The molecule has 0 unspecified atom stereocenters. The molecule has 4 rings (SSSR count). The molecule has 0 amide bonds. The zero-order valence-electron chi connectivity index (χ0n) is 25.4. The van der Waals surface area contributed by atoms with Gasteiger partial charge in [0.1, 0.15) is 5.75 Å². The van der Waals surface area contributed by atoms with Crippen molar-refractivity contribution < 1.29 is 4.74 Å². The first-order valence-electron chi connectivity index (χ1n) is 16.5. The fourth-order valence-electron chi connectivity index (χ4n) is 6.27. The first kappa shape index (κ1) is 30.2. The Balaban J connectivity index is 1.21. The second-order valence-electron chi connectivity index (χ2n) is 12.1. The number of rotatable bonds is 15. The number of hydrogen-bond acceptors (Lipinski definition) is 1. The normalized spacial score (nSPS) is 16.9. The largest absolute Gasteiger partial charge is 0.494 e. The summed E-state index contributed by atoms with van der Waals surface area (Å²) in [5, 5.41) is 2.42. The van der Waals surface area contributed by atoms with Crippen LogP contribution >= 0.6 is 0 Å². The van der Waals surface area contributed by atoms with Gasteiger partial charge in [-0.25, -0.2) is 0 Å². The molecule has 0 radical (unpaired) electrons. The highest BCUT2D eigenvalue weighted by atomic mass is 16.5. The van der Waals surface area contributed by atoms with Gasteiger partial charge < -0.3 is 4.74 Å². The van der Waals surface area contributed by atoms with E-state index in [2.05, 4.69) is 86.4 Å². The predicted octanol–water partition coefficient (Wildman–Crippen LogP) is 11.6. The van der Waals surface area contributed by atoms with Crippen LogP contribution in [0.25, 0.3) is 10.8 Å². The molecule has 0 heterocycles. The van der Waals surface area contributed by atoms with Crippen molar-refractivity contribution in [1.29, 1.82) is 0 Å². The minimum atomic E-state index is 0.734. The molecule has 0 aliphatic heterocycles. The molecule has 40 heavy (non-hydrogen) atoms. The Morgan fingerprint density at radius 1 is 0.600 bits per heavy atom. The standard InChI is InChI=1S/C39H52O/c1-3-5-7-9-10-11-12-14-32-17-22-35(23-18-32)36-24-19-33(20-25-36)15-16-34-21-26-38-31-39(28-27-37(38)30-34)40-29-13-8-6-4-2/h19-21,24-28,30-32,35H,3-14,17-18,22-23,29H2,1-2H3. The molecule has 0 atom stereocenters. The van der Waals surface area contributed by atoms with E-state index in [1.54, 1.807) is 0 Å². The number of unbranched alkanes of at least 4 members (excludes halogenated alkanes) is 9. The quantitative estimate of drug-likeness (QED) is 0.139. The summed E-state index contributed by atoms with van der Waals surface area (Å²) < 4.78 is 5.96. The van der Waals surface area contributed by atoms with E-state index in [1.807, 2.05) is 0 Å². The van der Waals surface area contributed by atoms with E-state index in [0.717, 1.165) is 41.7 Å². The van der Waals surface area contributed by atoms with E-state index >= 15 is 0 Å². The third-order valence-electron chi connectivity index (χ3n) is 8.87. The van der Waals surface area contributed by atoms with Crippen molar-refractivity contribution in [2.45, 2.75) is 122 Å². The van der Waals surface area contributed by atoms with Gasteiger partial charge >= 0.3 is 0 Å². The van der Waals surface area contributed by atoms with Crippen molar-refractivity contribution in [2.75, 3.05) is 6.61 Å². The summed E-state index contributed by atoms with van der Waals surface area (Å²) >= 11 is 0. The lowest BCUT2D eigenvalue weighted by atomic mass is 9.77.